The van der Waals surface area contributed by atoms with E-state index in [4.69, 9.17) is 8.85 Å². The van der Waals surface area contributed by atoms with Gasteiger partial charge < -0.3 is 8.85 Å². The van der Waals surface area contributed by atoms with Crippen LogP contribution >= 0.6 is 0 Å². The zero-order chi connectivity index (χ0) is 17.1. The van der Waals surface area contributed by atoms with Crippen molar-refractivity contribution in [2.24, 2.45) is 0 Å². The van der Waals surface area contributed by atoms with E-state index in [1.165, 1.54) is 12.1 Å². The average Bonchev–Trinajstić information content (AvgIpc) is 2.55. The predicted octanol–water partition coefficient (Wildman–Crippen LogP) is 2.37. The second-order valence-electron chi connectivity index (χ2n) is 5.26. The number of sulfone groups is 1. The fourth-order valence-corrected chi connectivity index (χ4v) is 4.93. The van der Waals surface area contributed by atoms with Crippen molar-refractivity contribution in [1.82, 2.24) is 0 Å². The van der Waals surface area contributed by atoms with Crippen molar-refractivity contribution in [3.8, 4) is 0 Å². The van der Waals surface area contributed by atoms with Gasteiger partial charge in [0.05, 0.1) is 10.6 Å². The number of rotatable bonds is 6. The smallest absolute Gasteiger partial charge is 0.368 e. The van der Waals surface area contributed by atoms with Crippen molar-refractivity contribution in [2.45, 2.75) is 17.2 Å². The highest BCUT2D eigenvalue weighted by Crippen LogP contribution is 2.17. The van der Waals surface area contributed by atoms with Crippen LogP contribution < -0.4 is 5.19 Å². The molecule has 0 aliphatic rings. The molecule has 0 aromatic heterocycles. The highest BCUT2D eigenvalue weighted by Gasteiger charge is 2.31. The lowest BCUT2D eigenvalue weighted by molar-refractivity contribution is 0.265. The molecule has 124 valence electrons. The second kappa shape index (κ2) is 6.92. The Morgan fingerprint density at radius 3 is 1.96 bits per heavy atom. The van der Waals surface area contributed by atoms with Crippen LogP contribution in [0.2, 0.25) is 6.55 Å². The standard InChI is InChI=1S/C16H19FO4SSi/c1-20-23(3,21-2)16-10-4-13(5-11-16)12-22(18,19)15-8-6-14(17)7-9-15/h4-11H,12H2,1-3H3. The van der Waals surface area contributed by atoms with Gasteiger partial charge in [-0.2, -0.15) is 0 Å². The molecule has 0 amide bonds. The predicted molar refractivity (Wildman–Crippen MR) is 89.0 cm³/mol. The van der Waals surface area contributed by atoms with Crippen molar-refractivity contribution >= 4 is 23.6 Å². The van der Waals surface area contributed by atoms with Gasteiger partial charge in [-0.15, -0.1) is 0 Å². The normalized spacial score (nSPS) is 12.3. The van der Waals surface area contributed by atoms with Crippen LogP contribution in [-0.2, 0) is 24.4 Å². The molecule has 0 atom stereocenters. The third kappa shape index (κ3) is 4.05. The van der Waals surface area contributed by atoms with E-state index in [2.05, 4.69) is 0 Å². The summed E-state index contributed by atoms with van der Waals surface area (Å²) in [5, 5.41) is 0.922. The van der Waals surface area contributed by atoms with Crippen LogP contribution in [0.15, 0.2) is 53.4 Å². The van der Waals surface area contributed by atoms with Crippen molar-refractivity contribution in [3.05, 3.63) is 59.9 Å². The minimum Gasteiger partial charge on any atom is -0.394 e. The molecular weight excluding hydrogens is 335 g/mol. The molecule has 0 heterocycles. The molecular formula is C16H19FO4SSi. The molecule has 2 rings (SSSR count). The molecule has 0 spiro atoms. The summed E-state index contributed by atoms with van der Waals surface area (Å²) in [7, 11) is -2.72. The molecule has 0 bridgehead atoms. The first-order valence-electron chi connectivity index (χ1n) is 6.99. The Bertz CT molecular complexity index is 754. The monoisotopic (exact) mass is 354 g/mol. The number of halogens is 1. The summed E-state index contributed by atoms with van der Waals surface area (Å²) in [6, 6.07) is 12.0. The maximum absolute atomic E-state index is 12.9. The Morgan fingerprint density at radius 1 is 0.957 bits per heavy atom. The van der Waals surface area contributed by atoms with E-state index in [0.29, 0.717) is 5.56 Å². The zero-order valence-electron chi connectivity index (χ0n) is 13.2. The van der Waals surface area contributed by atoms with E-state index in [1.54, 1.807) is 26.4 Å². The highest BCUT2D eigenvalue weighted by molar-refractivity contribution is 7.90. The van der Waals surface area contributed by atoms with Gasteiger partial charge in [-0.3, -0.25) is 0 Å². The molecule has 23 heavy (non-hydrogen) atoms. The van der Waals surface area contributed by atoms with Gasteiger partial charge >= 0.3 is 8.56 Å². The first-order valence-corrected chi connectivity index (χ1v) is 11.0. The molecule has 0 aliphatic heterocycles. The van der Waals surface area contributed by atoms with Crippen LogP contribution in [0.1, 0.15) is 5.56 Å². The fourth-order valence-electron chi connectivity index (χ4n) is 2.17. The summed E-state index contributed by atoms with van der Waals surface area (Å²) in [4.78, 5) is 0.107. The van der Waals surface area contributed by atoms with E-state index in [-0.39, 0.29) is 10.6 Å². The van der Waals surface area contributed by atoms with Gasteiger partial charge in [0.15, 0.2) is 9.84 Å². The van der Waals surface area contributed by atoms with Gasteiger partial charge in [-0.1, -0.05) is 24.3 Å². The maximum Gasteiger partial charge on any atom is 0.368 e. The lowest BCUT2D eigenvalue weighted by atomic mass is 10.2. The maximum atomic E-state index is 12.9. The number of hydrogen-bond donors (Lipinski definition) is 0. The van der Waals surface area contributed by atoms with Gasteiger partial charge in [0.1, 0.15) is 5.82 Å². The van der Waals surface area contributed by atoms with E-state index in [1.807, 2.05) is 18.7 Å². The van der Waals surface area contributed by atoms with Gasteiger partial charge in [-0.05, 0) is 41.6 Å². The summed E-state index contributed by atoms with van der Waals surface area (Å²) in [5.41, 5.74) is 0.654. The first-order chi connectivity index (χ1) is 10.8. The molecule has 0 radical (unpaired) electrons. The topological polar surface area (TPSA) is 52.6 Å². The van der Waals surface area contributed by atoms with E-state index < -0.39 is 24.2 Å². The van der Waals surface area contributed by atoms with Crippen LogP contribution in [0, 0.1) is 5.82 Å². The van der Waals surface area contributed by atoms with Crippen molar-refractivity contribution in [3.63, 3.8) is 0 Å². The largest absolute Gasteiger partial charge is 0.394 e. The Balaban J connectivity index is 2.22. The van der Waals surface area contributed by atoms with Gasteiger partial charge in [0.25, 0.3) is 0 Å². The van der Waals surface area contributed by atoms with Crippen molar-refractivity contribution in [1.29, 1.82) is 0 Å². The molecule has 7 heteroatoms. The fraction of sp³-hybridized carbons (Fsp3) is 0.250. The number of hydrogen-bond acceptors (Lipinski definition) is 4. The Hall–Kier alpha value is -1.54. The molecule has 0 fully saturated rings. The number of benzene rings is 2. The quantitative estimate of drug-likeness (QED) is 0.590. The van der Waals surface area contributed by atoms with E-state index in [9.17, 15) is 12.8 Å². The van der Waals surface area contributed by atoms with E-state index >= 15 is 0 Å². The average molecular weight is 354 g/mol. The van der Waals surface area contributed by atoms with Crippen LogP contribution in [0.25, 0.3) is 0 Å². The molecule has 0 N–H and O–H groups in total. The van der Waals surface area contributed by atoms with Gasteiger partial charge in [-0.25, -0.2) is 12.8 Å². The van der Waals surface area contributed by atoms with Crippen molar-refractivity contribution < 1.29 is 21.7 Å². The molecule has 0 saturated carbocycles. The molecule has 4 nitrogen and oxygen atoms in total. The Morgan fingerprint density at radius 2 is 1.48 bits per heavy atom. The summed E-state index contributed by atoms with van der Waals surface area (Å²) in [6.07, 6.45) is 0. The molecule has 0 saturated heterocycles. The SMILES string of the molecule is CO[Si](C)(OC)c1ccc(CS(=O)(=O)c2ccc(F)cc2)cc1. The lowest BCUT2D eigenvalue weighted by Crippen LogP contribution is -2.49. The first kappa shape index (κ1) is 17.8. The summed E-state index contributed by atoms with van der Waals surface area (Å²) in [6.45, 7) is 1.91. The molecule has 0 aliphatic carbocycles. The van der Waals surface area contributed by atoms with Gasteiger partial charge in [0, 0.05) is 14.2 Å². The van der Waals surface area contributed by atoms with Crippen molar-refractivity contribution in [2.75, 3.05) is 14.2 Å². The lowest BCUT2D eigenvalue weighted by Gasteiger charge is -2.23. The third-order valence-corrected chi connectivity index (χ3v) is 8.43. The minimum absolute atomic E-state index is 0.107. The van der Waals surface area contributed by atoms with Crippen LogP contribution in [-0.4, -0.2) is 31.2 Å². The highest BCUT2D eigenvalue weighted by atomic mass is 32.2. The van der Waals surface area contributed by atoms with Crippen LogP contribution in [0.4, 0.5) is 4.39 Å². The van der Waals surface area contributed by atoms with Crippen LogP contribution in [0.3, 0.4) is 0 Å². The zero-order valence-corrected chi connectivity index (χ0v) is 15.1. The van der Waals surface area contributed by atoms with Crippen LogP contribution in [0.5, 0.6) is 0 Å². The Kier molecular flexibility index (Phi) is 5.36. The summed E-state index contributed by atoms with van der Waals surface area (Å²) in [5.74, 6) is -0.603. The molecule has 2 aromatic carbocycles. The van der Waals surface area contributed by atoms with Gasteiger partial charge in [0.2, 0.25) is 0 Å². The van der Waals surface area contributed by atoms with E-state index in [0.717, 1.165) is 17.3 Å². The summed E-state index contributed by atoms with van der Waals surface area (Å²) < 4.78 is 48.5. The minimum atomic E-state index is -3.51. The molecule has 2 aromatic rings. The Labute approximate surface area is 137 Å². The molecule has 0 unspecified atom stereocenters. The summed E-state index contributed by atoms with van der Waals surface area (Å²) >= 11 is 0. The second-order valence-corrected chi connectivity index (χ2v) is 10.5. The third-order valence-electron chi connectivity index (χ3n) is 3.79.